The Kier molecular flexibility index (Phi) is 5.39. The molecule has 2 atom stereocenters. The summed E-state index contributed by atoms with van der Waals surface area (Å²) < 4.78 is 1.86. The molecule has 0 radical (unpaired) electrons. The summed E-state index contributed by atoms with van der Waals surface area (Å²) in [6.45, 7) is 1.99. The van der Waals surface area contributed by atoms with Gasteiger partial charge in [0.1, 0.15) is 5.92 Å². The van der Waals surface area contributed by atoms with Gasteiger partial charge in [0, 0.05) is 29.0 Å². The van der Waals surface area contributed by atoms with E-state index in [0.717, 1.165) is 22.5 Å². The Hall–Kier alpha value is -3.63. The van der Waals surface area contributed by atoms with Crippen LogP contribution < -0.4 is 4.90 Å². The number of amides is 1. The average Bonchev–Trinajstić information content (AvgIpc) is 3.19. The van der Waals surface area contributed by atoms with Crippen LogP contribution in [-0.2, 0) is 11.8 Å². The zero-order chi connectivity index (χ0) is 23.1. The normalized spacial score (nSPS) is 17.7. The van der Waals surface area contributed by atoms with Crippen molar-refractivity contribution in [3.05, 3.63) is 124 Å². The molecule has 0 N–H and O–H groups in total. The number of benzene rings is 3. The second-order valence-electron chi connectivity index (χ2n) is 8.42. The Morgan fingerprint density at radius 3 is 2.18 bits per heavy atom. The SMILES string of the molecule is Cc1ccc(C(=O)c2ccc([C@H]3C(=O)N(c4ccccc4)[C@@H]3c3ccc(Cl)cc3)n2C)cc1. The van der Waals surface area contributed by atoms with Crippen molar-refractivity contribution in [2.75, 3.05) is 4.90 Å². The molecule has 164 valence electrons. The lowest BCUT2D eigenvalue weighted by Gasteiger charge is -2.47. The molecule has 4 aromatic rings. The van der Waals surface area contributed by atoms with Crippen LogP contribution >= 0.6 is 11.6 Å². The highest BCUT2D eigenvalue weighted by Crippen LogP contribution is 2.49. The van der Waals surface area contributed by atoms with Crippen LogP contribution in [0.5, 0.6) is 0 Å². The monoisotopic (exact) mass is 454 g/mol. The summed E-state index contributed by atoms with van der Waals surface area (Å²) in [6.07, 6.45) is 0. The zero-order valence-corrected chi connectivity index (χ0v) is 19.2. The molecule has 0 spiro atoms. The third-order valence-electron chi connectivity index (χ3n) is 6.37. The predicted molar refractivity (Wildman–Crippen MR) is 131 cm³/mol. The van der Waals surface area contributed by atoms with E-state index in [4.69, 9.17) is 11.6 Å². The van der Waals surface area contributed by atoms with Gasteiger partial charge < -0.3 is 9.47 Å². The number of aryl methyl sites for hydroxylation is 1. The first-order chi connectivity index (χ1) is 16.0. The topological polar surface area (TPSA) is 42.3 Å². The van der Waals surface area contributed by atoms with Gasteiger partial charge in [0.05, 0.1) is 11.7 Å². The van der Waals surface area contributed by atoms with Crippen LogP contribution in [0.4, 0.5) is 5.69 Å². The van der Waals surface area contributed by atoms with Crippen molar-refractivity contribution in [2.24, 2.45) is 7.05 Å². The van der Waals surface area contributed by atoms with Crippen LogP contribution in [0.3, 0.4) is 0 Å². The Morgan fingerprint density at radius 2 is 1.52 bits per heavy atom. The van der Waals surface area contributed by atoms with Crippen LogP contribution in [0.25, 0.3) is 0 Å². The van der Waals surface area contributed by atoms with E-state index >= 15 is 0 Å². The summed E-state index contributed by atoms with van der Waals surface area (Å²) in [5, 5.41) is 0.650. The number of hydrogen-bond acceptors (Lipinski definition) is 2. The Bertz CT molecular complexity index is 1320. The van der Waals surface area contributed by atoms with Crippen molar-refractivity contribution in [3.63, 3.8) is 0 Å². The highest BCUT2D eigenvalue weighted by atomic mass is 35.5. The largest absolute Gasteiger partial charge is 0.344 e. The molecule has 1 aromatic heterocycles. The summed E-state index contributed by atoms with van der Waals surface area (Å²) in [5.41, 5.74) is 4.97. The number of para-hydroxylation sites is 1. The number of aromatic nitrogens is 1. The molecule has 3 aromatic carbocycles. The maximum absolute atomic E-state index is 13.5. The van der Waals surface area contributed by atoms with E-state index in [1.165, 1.54) is 0 Å². The van der Waals surface area contributed by atoms with Gasteiger partial charge in [-0.25, -0.2) is 0 Å². The highest BCUT2D eigenvalue weighted by molar-refractivity contribution is 6.30. The van der Waals surface area contributed by atoms with Gasteiger partial charge in [0.25, 0.3) is 0 Å². The van der Waals surface area contributed by atoms with Gasteiger partial charge in [-0.2, -0.15) is 0 Å². The second kappa shape index (κ2) is 8.38. The minimum Gasteiger partial charge on any atom is -0.344 e. The van der Waals surface area contributed by atoms with Crippen molar-refractivity contribution in [3.8, 4) is 0 Å². The Morgan fingerprint density at radius 1 is 0.848 bits per heavy atom. The van der Waals surface area contributed by atoms with E-state index in [1.54, 1.807) is 0 Å². The molecule has 4 nitrogen and oxygen atoms in total. The third kappa shape index (κ3) is 3.66. The van der Waals surface area contributed by atoms with Gasteiger partial charge in [0.2, 0.25) is 11.7 Å². The van der Waals surface area contributed by atoms with Gasteiger partial charge in [-0.3, -0.25) is 9.59 Å². The molecule has 1 amide bonds. The number of nitrogens with zero attached hydrogens (tertiary/aromatic N) is 2. The molecule has 5 heteroatoms. The van der Waals surface area contributed by atoms with Crippen molar-refractivity contribution < 1.29 is 9.59 Å². The smallest absolute Gasteiger partial charge is 0.239 e. The lowest BCUT2D eigenvalue weighted by Crippen LogP contribution is -2.54. The van der Waals surface area contributed by atoms with Crippen LogP contribution in [-0.4, -0.2) is 16.3 Å². The van der Waals surface area contributed by atoms with E-state index in [9.17, 15) is 9.59 Å². The molecule has 2 heterocycles. The number of anilines is 1. The summed E-state index contributed by atoms with van der Waals surface area (Å²) >= 11 is 6.12. The Balaban J connectivity index is 1.54. The molecular weight excluding hydrogens is 432 g/mol. The first kappa shape index (κ1) is 21.2. The van der Waals surface area contributed by atoms with Crippen LogP contribution in [0.1, 0.15) is 44.8 Å². The summed E-state index contributed by atoms with van der Waals surface area (Å²) in [6, 6.07) is 28.3. The Labute approximate surface area is 198 Å². The second-order valence-corrected chi connectivity index (χ2v) is 8.85. The molecule has 0 saturated carbocycles. The third-order valence-corrected chi connectivity index (χ3v) is 6.62. The number of ketones is 1. The summed E-state index contributed by atoms with van der Waals surface area (Å²) in [5.74, 6) is -0.439. The van der Waals surface area contributed by atoms with Crippen molar-refractivity contribution >= 4 is 29.0 Å². The van der Waals surface area contributed by atoms with E-state index in [0.29, 0.717) is 16.3 Å². The molecule has 0 aliphatic carbocycles. The quantitative estimate of drug-likeness (QED) is 0.270. The first-order valence-corrected chi connectivity index (χ1v) is 11.2. The summed E-state index contributed by atoms with van der Waals surface area (Å²) in [4.78, 5) is 28.4. The predicted octanol–water partition coefficient (Wildman–Crippen LogP) is 6.09. The first-order valence-electron chi connectivity index (χ1n) is 10.9. The maximum atomic E-state index is 13.5. The minimum absolute atomic E-state index is 0.0108. The van der Waals surface area contributed by atoms with E-state index in [2.05, 4.69) is 0 Å². The molecule has 1 saturated heterocycles. The number of β-lactam (4-membered cyclic amide) rings is 1. The van der Waals surface area contributed by atoms with Crippen LogP contribution in [0.2, 0.25) is 5.02 Å². The average molecular weight is 455 g/mol. The van der Waals surface area contributed by atoms with E-state index in [-0.39, 0.29) is 17.7 Å². The number of rotatable bonds is 5. The molecule has 0 bridgehead atoms. The van der Waals surface area contributed by atoms with Crippen LogP contribution in [0.15, 0.2) is 91.0 Å². The highest BCUT2D eigenvalue weighted by Gasteiger charge is 2.50. The fourth-order valence-corrected chi connectivity index (χ4v) is 4.70. The zero-order valence-electron chi connectivity index (χ0n) is 18.4. The van der Waals surface area contributed by atoms with E-state index < -0.39 is 5.92 Å². The van der Waals surface area contributed by atoms with Crippen molar-refractivity contribution in [2.45, 2.75) is 18.9 Å². The summed E-state index contributed by atoms with van der Waals surface area (Å²) in [7, 11) is 1.86. The standard InChI is InChI=1S/C28H23ClN2O2/c1-18-8-10-20(11-9-18)27(32)24-17-16-23(30(24)2)25-26(19-12-14-21(29)15-13-19)31(28(25)33)22-6-4-3-5-7-22/h3-17,25-26H,1-2H3/t25-,26-/m1/s1. The maximum Gasteiger partial charge on any atom is 0.239 e. The van der Waals surface area contributed by atoms with Gasteiger partial charge >= 0.3 is 0 Å². The number of hydrogen-bond donors (Lipinski definition) is 0. The van der Waals surface area contributed by atoms with E-state index in [1.807, 2.05) is 114 Å². The van der Waals surface area contributed by atoms with Crippen molar-refractivity contribution in [1.29, 1.82) is 0 Å². The fourth-order valence-electron chi connectivity index (χ4n) is 4.58. The number of carbonyl (C=O) groups excluding carboxylic acids is 2. The molecular formula is C28H23ClN2O2. The van der Waals surface area contributed by atoms with Crippen LogP contribution in [0, 0.1) is 6.92 Å². The molecule has 33 heavy (non-hydrogen) atoms. The van der Waals surface area contributed by atoms with Gasteiger partial charge in [-0.15, -0.1) is 0 Å². The van der Waals surface area contributed by atoms with Gasteiger partial charge in [0.15, 0.2) is 0 Å². The molecule has 1 aliphatic rings. The molecule has 5 rings (SSSR count). The lowest BCUT2D eigenvalue weighted by atomic mass is 9.79. The fraction of sp³-hybridized carbons (Fsp3) is 0.143. The lowest BCUT2D eigenvalue weighted by molar-refractivity contribution is -0.126. The van der Waals surface area contributed by atoms with Gasteiger partial charge in [-0.1, -0.05) is 71.8 Å². The van der Waals surface area contributed by atoms with Gasteiger partial charge in [-0.05, 0) is 48.9 Å². The molecule has 0 unspecified atom stereocenters. The molecule has 1 fully saturated rings. The number of halogens is 1. The van der Waals surface area contributed by atoms with Crippen molar-refractivity contribution in [1.82, 2.24) is 4.57 Å². The molecule has 1 aliphatic heterocycles. The minimum atomic E-state index is -0.393. The number of carbonyl (C=O) groups is 2.